The molecule has 0 atom stereocenters. The van der Waals surface area contributed by atoms with Gasteiger partial charge >= 0.3 is 6.03 Å². The Morgan fingerprint density at radius 1 is 1.57 bits per heavy atom. The van der Waals surface area contributed by atoms with E-state index in [-0.39, 0.29) is 6.03 Å². The van der Waals surface area contributed by atoms with Crippen molar-refractivity contribution in [2.24, 2.45) is 5.92 Å². The summed E-state index contributed by atoms with van der Waals surface area (Å²) in [5, 5.41) is 0. The van der Waals surface area contributed by atoms with Crippen molar-refractivity contribution in [3.63, 3.8) is 0 Å². The van der Waals surface area contributed by atoms with E-state index in [9.17, 15) is 4.79 Å². The summed E-state index contributed by atoms with van der Waals surface area (Å²) in [6.45, 7) is 7.70. The van der Waals surface area contributed by atoms with Gasteiger partial charge in [0.1, 0.15) is 6.33 Å². The number of carbonyl (C=O) groups excluding carboxylic acids is 1. The summed E-state index contributed by atoms with van der Waals surface area (Å²) >= 11 is 0. The van der Waals surface area contributed by atoms with E-state index in [1.807, 2.05) is 11.8 Å². The van der Waals surface area contributed by atoms with Gasteiger partial charge in [-0.25, -0.2) is 9.78 Å². The molecule has 1 aromatic rings. The second kappa shape index (κ2) is 4.79. The first-order chi connectivity index (χ1) is 6.65. The van der Waals surface area contributed by atoms with E-state index in [4.69, 9.17) is 0 Å². The van der Waals surface area contributed by atoms with Gasteiger partial charge in [0.25, 0.3) is 0 Å². The minimum absolute atomic E-state index is 0.00120. The van der Waals surface area contributed by atoms with Crippen molar-refractivity contribution in [1.29, 1.82) is 0 Å². The van der Waals surface area contributed by atoms with Crippen molar-refractivity contribution >= 4 is 6.03 Å². The van der Waals surface area contributed by atoms with Crippen LogP contribution in [0.2, 0.25) is 0 Å². The van der Waals surface area contributed by atoms with E-state index in [0.29, 0.717) is 5.92 Å². The lowest BCUT2D eigenvalue weighted by Crippen LogP contribution is -2.36. The van der Waals surface area contributed by atoms with Gasteiger partial charge < -0.3 is 4.90 Å². The van der Waals surface area contributed by atoms with Crippen molar-refractivity contribution in [3.05, 3.63) is 18.7 Å². The highest BCUT2D eigenvalue weighted by atomic mass is 16.2. The van der Waals surface area contributed by atoms with Crippen LogP contribution in [-0.4, -0.2) is 33.6 Å². The highest BCUT2D eigenvalue weighted by Crippen LogP contribution is 2.01. The Hall–Kier alpha value is -1.32. The molecule has 78 valence electrons. The Morgan fingerprint density at radius 2 is 2.29 bits per heavy atom. The van der Waals surface area contributed by atoms with Gasteiger partial charge in [0, 0.05) is 25.5 Å². The number of hydrogen-bond acceptors (Lipinski definition) is 2. The summed E-state index contributed by atoms with van der Waals surface area (Å²) in [6.07, 6.45) is 4.82. The summed E-state index contributed by atoms with van der Waals surface area (Å²) in [5.41, 5.74) is 0. The number of hydrogen-bond donors (Lipinski definition) is 0. The lowest BCUT2D eigenvalue weighted by Gasteiger charge is -2.22. The standard InChI is InChI=1S/C10H17N3O/c1-4-12(7-9(2)3)10(14)13-6-5-11-8-13/h5-6,8-9H,4,7H2,1-3H3. The molecule has 0 aromatic carbocycles. The van der Waals surface area contributed by atoms with Gasteiger partial charge in [-0.2, -0.15) is 0 Å². The molecule has 0 N–H and O–H groups in total. The average molecular weight is 195 g/mol. The van der Waals surface area contributed by atoms with Crippen molar-refractivity contribution in [1.82, 2.24) is 14.5 Å². The van der Waals surface area contributed by atoms with Crippen LogP contribution in [0.3, 0.4) is 0 Å². The monoisotopic (exact) mass is 195 g/mol. The second-order valence-corrected chi connectivity index (χ2v) is 3.69. The third-order valence-electron chi connectivity index (χ3n) is 1.96. The Balaban J connectivity index is 2.66. The van der Waals surface area contributed by atoms with E-state index in [1.165, 1.54) is 10.9 Å². The molecule has 1 heterocycles. The first-order valence-electron chi connectivity index (χ1n) is 4.92. The Labute approximate surface area is 84.5 Å². The van der Waals surface area contributed by atoms with Crippen LogP contribution in [0.1, 0.15) is 20.8 Å². The Bertz CT molecular complexity index is 280. The van der Waals surface area contributed by atoms with Gasteiger partial charge in [-0.05, 0) is 12.8 Å². The van der Waals surface area contributed by atoms with Gasteiger partial charge in [-0.15, -0.1) is 0 Å². The highest BCUT2D eigenvalue weighted by molar-refractivity contribution is 5.76. The van der Waals surface area contributed by atoms with Gasteiger partial charge in [0.2, 0.25) is 0 Å². The smallest absolute Gasteiger partial charge is 0.324 e. The molecule has 0 bridgehead atoms. The Kier molecular flexibility index (Phi) is 3.68. The number of carbonyl (C=O) groups is 1. The topological polar surface area (TPSA) is 38.1 Å². The second-order valence-electron chi connectivity index (χ2n) is 3.69. The zero-order chi connectivity index (χ0) is 10.6. The molecule has 0 unspecified atom stereocenters. The highest BCUT2D eigenvalue weighted by Gasteiger charge is 2.13. The molecule has 14 heavy (non-hydrogen) atoms. The molecule has 0 spiro atoms. The van der Waals surface area contributed by atoms with Crippen LogP contribution < -0.4 is 0 Å². The molecular weight excluding hydrogens is 178 g/mol. The zero-order valence-corrected chi connectivity index (χ0v) is 8.97. The van der Waals surface area contributed by atoms with E-state index < -0.39 is 0 Å². The molecule has 0 saturated carbocycles. The quantitative estimate of drug-likeness (QED) is 0.738. The molecule has 0 aliphatic heterocycles. The maximum Gasteiger partial charge on any atom is 0.329 e. The predicted molar refractivity (Wildman–Crippen MR) is 55.1 cm³/mol. The van der Waals surface area contributed by atoms with Crippen molar-refractivity contribution in [2.75, 3.05) is 13.1 Å². The number of amides is 1. The lowest BCUT2D eigenvalue weighted by molar-refractivity contribution is 0.195. The maximum atomic E-state index is 11.8. The molecule has 1 amide bonds. The Morgan fingerprint density at radius 3 is 2.71 bits per heavy atom. The van der Waals surface area contributed by atoms with Gasteiger partial charge in [0.05, 0.1) is 0 Å². The fourth-order valence-corrected chi connectivity index (χ4v) is 1.32. The van der Waals surface area contributed by atoms with Crippen LogP contribution in [-0.2, 0) is 0 Å². The van der Waals surface area contributed by atoms with Crippen molar-refractivity contribution in [2.45, 2.75) is 20.8 Å². The molecule has 0 aliphatic rings. The summed E-state index contributed by atoms with van der Waals surface area (Å²) in [4.78, 5) is 17.5. The van der Waals surface area contributed by atoms with E-state index in [1.54, 1.807) is 12.4 Å². The average Bonchev–Trinajstić information content (AvgIpc) is 2.65. The first kappa shape index (κ1) is 10.8. The lowest BCUT2D eigenvalue weighted by atomic mass is 10.2. The van der Waals surface area contributed by atoms with Crippen LogP contribution in [0.15, 0.2) is 18.7 Å². The SMILES string of the molecule is CCN(CC(C)C)C(=O)n1ccnc1. The van der Waals surface area contributed by atoms with E-state index >= 15 is 0 Å². The summed E-state index contributed by atoms with van der Waals surface area (Å²) < 4.78 is 1.51. The van der Waals surface area contributed by atoms with Crippen molar-refractivity contribution < 1.29 is 4.79 Å². The summed E-state index contributed by atoms with van der Waals surface area (Å²) in [5.74, 6) is 0.488. The first-order valence-corrected chi connectivity index (χ1v) is 4.92. The van der Waals surface area contributed by atoms with E-state index in [0.717, 1.165) is 13.1 Å². The fourth-order valence-electron chi connectivity index (χ4n) is 1.32. The third kappa shape index (κ3) is 2.58. The largest absolute Gasteiger partial charge is 0.329 e. The zero-order valence-electron chi connectivity index (χ0n) is 8.97. The van der Waals surface area contributed by atoms with Gasteiger partial charge in [-0.3, -0.25) is 4.57 Å². The molecule has 0 saturated heterocycles. The molecule has 1 rings (SSSR count). The molecule has 4 heteroatoms. The number of nitrogens with zero attached hydrogens (tertiary/aromatic N) is 3. The number of imidazole rings is 1. The molecule has 0 fully saturated rings. The van der Waals surface area contributed by atoms with Crippen LogP contribution in [0.25, 0.3) is 0 Å². The van der Waals surface area contributed by atoms with Crippen LogP contribution >= 0.6 is 0 Å². The van der Waals surface area contributed by atoms with Crippen LogP contribution in [0.5, 0.6) is 0 Å². The van der Waals surface area contributed by atoms with Crippen LogP contribution in [0.4, 0.5) is 4.79 Å². The minimum Gasteiger partial charge on any atom is -0.324 e. The van der Waals surface area contributed by atoms with Crippen molar-refractivity contribution in [3.8, 4) is 0 Å². The normalized spacial score (nSPS) is 10.6. The minimum atomic E-state index is -0.00120. The predicted octanol–water partition coefficient (Wildman–Crippen LogP) is 1.83. The molecule has 0 aliphatic carbocycles. The summed E-state index contributed by atoms with van der Waals surface area (Å²) in [7, 11) is 0. The molecule has 1 aromatic heterocycles. The van der Waals surface area contributed by atoms with Gasteiger partial charge in [-0.1, -0.05) is 13.8 Å². The molecule has 4 nitrogen and oxygen atoms in total. The summed E-state index contributed by atoms with van der Waals surface area (Å²) in [6, 6.07) is -0.00120. The molecular formula is C10H17N3O. The number of rotatable bonds is 3. The van der Waals surface area contributed by atoms with E-state index in [2.05, 4.69) is 18.8 Å². The number of aromatic nitrogens is 2. The van der Waals surface area contributed by atoms with Crippen LogP contribution in [0, 0.1) is 5.92 Å². The molecule has 0 radical (unpaired) electrons. The maximum absolute atomic E-state index is 11.8. The van der Waals surface area contributed by atoms with Gasteiger partial charge in [0.15, 0.2) is 0 Å². The fraction of sp³-hybridized carbons (Fsp3) is 0.600. The third-order valence-corrected chi connectivity index (χ3v) is 1.96.